The Morgan fingerprint density at radius 3 is 2.32 bits per heavy atom. The maximum Gasteiger partial charge on any atom is 0.330 e. The maximum atomic E-state index is 10.8. The highest BCUT2D eigenvalue weighted by molar-refractivity contribution is 5.81. The molecule has 1 aromatic rings. The fourth-order valence-electron chi connectivity index (χ4n) is 1.71. The topological polar surface area (TPSA) is 35.5 Å². The molecule has 1 aromatic carbocycles. The molecule has 3 heteroatoms. The summed E-state index contributed by atoms with van der Waals surface area (Å²) in [5.74, 6) is 0.536. The highest BCUT2D eigenvalue weighted by Gasteiger charge is 2.02. The van der Waals surface area contributed by atoms with Gasteiger partial charge >= 0.3 is 5.97 Å². The summed E-state index contributed by atoms with van der Waals surface area (Å²) < 4.78 is 10.6. The third kappa shape index (κ3) is 5.16. The van der Waals surface area contributed by atoms with Crippen molar-refractivity contribution in [1.82, 2.24) is 0 Å². The molecule has 0 amide bonds. The average molecular weight is 262 g/mol. The van der Waals surface area contributed by atoms with Gasteiger partial charge in [-0.1, -0.05) is 6.58 Å². The molecule has 0 spiro atoms. The van der Waals surface area contributed by atoms with Crippen molar-refractivity contribution < 1.29 is 14.3 Å². The summed E-state index contributed by atoms with van der Waals surface area (Å²) in [6.07, 6.45) is 2.83. The molecular weight excluding hydrogens is 240 g/mol. The predicted molar refractivity (Wildman–Crippen MR) is 76.5 cm³/mol. The number of carbonyl (C=O) groups is 1. The largest absolute Gasteiger partial charge is 0.494 e. The highest BCUT2D eigenvalue weighted by atomic mass is 16.5. The zero-order chi connectivity index (χ0) is 14.3. The van der Waals surface area contributed by atoms with E-state index in [-0.39, 0.29) is 5.97 Å². The van der Waals surface area contributed by atoms with E-state index >= 15 is 0 Å². The zero-order valence-electron chi connectivity index (χ0n) is 12.0. The van der Waals surface area contributed by atoms with Gasteiger partial charge in [0.15, 0.2) is 0 Å². The molecule has 0 fully saturated rings. The molecule has 0 unspecified atom stereocenters. The van der Waals surface area contributed by atoms with Crippen LogP contribution in [0.1, 0.15) is 29.5 Å². The van der Waals surface area contributed by atoms with Crippen LogP contribution in [0.15, 0.2) is 24.8 Å². The molecule has 0 saturated carbocycles. The number of ether oxygens (including phenoxy) is 2. The Morgan fingerprint density at radius 1 is 1.16 bits per heavy atom. The van der Waals surface area contributed by atoms with Gasteiger partial charge in [-0.3, -0.25) is 0 Å². The maximum absolute atomic E-state index is 10.8. The lowest BCUT2D eigenvalue weighted by Crippen LogP contribution is -2.04. The summed E-state index contributed by atoms with van der Waals surface area (Å²) in [5, 5.41) is 0. The van der Waals surface area contributed by atoms with E-state index in [0.29, 0.717) is 13.2 Å². The van der Waals surface area contributed by atoms with Crippen LogP contribution in [0.5, 0.6) is 5.75 Å². The van der Waals surface area contributed by atoms with Crippen LogP contribution in [0.25, 0.3) is 0 Å². The first-order chi connectivity index (χ1) is 9.04. The molecule has 0 N–H and O–H groups in total. The minimum absolute atomic E-state index is 0.370. The standard InChI is InChI=1S/C16H22O3/c1-5-16(17)19-9-7-6-8-18-15-10-12(2)14(4)13(3)11-15/h5,10-11H,1,6-9H2,2-4H3. The van der Waals surface area contributed by atoms with E-state index in [1.54, 1.807) is 0 Å². The Labute approximate surface area is 115 Å². The first-order valence-corrected chi connectivity index (χ1v) is 6.54. The number of hydrogen-bond acceptors (Lipinski definition) is 3. The summed E-state index contributed by atoms with van der Waals surface area (Å²) in [7, 11) is 0. The SMILES string of the molecule is C=CC(=O)OCCCCOc1cc(C)c(C)c(C)c1. The van der Waals surface area contributed by atoms with Crippen LogP contribution >= 0.6 is 0 Å². The number of aryl methyl sites for hydroxylation is 2. The second-order valence-corrected chi connectivity index (χ2v) is 4.61. The van der Waals surface area contributed by atoms with E-state index in [1.807, 2.05) is 0 Å². The molecule has 19 heavy (non-hydrogen) atoms. The van der Waals surface area contributed by atoms with Crippen LogP contribution < -0.4 is 4.74 Å². The molecule has 0 heterocycles. The second kappa shape index (κ2) is 7.62. The van der Waals surface area contributed by atoms with Crippen molar-refractivity contribution >= 4 is 5.97 Å². The molecule has 0 aromatic heterocycles. The van der Waals surface area contributed by atoms with Crippen molar-refractivity contribution in [1.29, 1.82) is 0 Å². The van der Waals surface area contributed by atoms with Crippen molar-refractivity contribution in [3.63, 3.8) is 0 Å². The molecule has 0 radical (unpaired) electrons. The number of hydrogen-bond donors (Lipinski definition) is 0. The molecule has 0 aliphatic carbocycles. The van der Waals surface area contributed by atoms with Gasteiger partial charge in [0.2, 0.25) is 0 Å². The molecule has 0 aliphatic rings. The summed E-state index contributed by atoms with van der Waals surface area (Å²) in [5.41, 5.74) is 3.80. The van der Waals surface area contributed by atoms with E-state index in [4.69, 9.17) is 9.47 Å². The van der Waals surface area contributed by atoms with Crippen LogP contribution in [0.2, 0.25) is 0 Å². The lowest BCUT2D eigenvalue weighted by molar-refractivity contribution is -0.137. The highest BCUT2D eigenvalue weighted by Crippen LogP contribution is 2.21. The summed E-state index contributed by atoms with van der Waals surface area (Å²) >= 11 is 0. The van der Waals surface area contributed by atoms with Crippen LogP contribution in [-0.2, 0) is 9.53 Å². The Kier molecular flexibility index (Phi) is 6.13. The fourth-order valence-corrected chi connectivity index (χ4v) is 1.71. The molecule has 0 saturated heterocycles. The van der Waals surface area contributed by atoms with E-state index in [1.165, 1.54) is 22.8 Å². The van der Waals surface area contributed by atoms with Gasteiger partial charge in [0, 0.05) is 6.08 Å². The van der Waals surface area contributed by atoms with Gasteiger partial charge in [0.25, 0.3) is 0 Å². The first-order valence-electron chi connectivity index (χ1n) is 6.54. The summed E-state index contributed by atoms with van der Waals surface area (Å²) in [4.78, 5) is 10.8. The molecule has 3 nitrogen and oxygen atoms in total. The molecule has 0 aliphatic heterocycles. The Morgan fingerprint density at radius 2 is 1.74 bits per heavy atom. The number of rotatable bonds is 7. The fraction of sp³-hybridized carbons (Fsp3) is 0.438. The van der Waals surface area contributed by atoms with Crippen LogP contribution in [0, 0.1) is 20.8 Å². The van der Waals surface area contributed by atoms with Crippen LogP contribution in [-0.4, -0.2) is 19.2 Å². The van der Waals surface area contributed by atoms with Gasteiger partial charge in [-0.25, -0.2) is 4.79 Å². The van der Waals surface area contributed by atoms with Crippen molar-refractivity contribution in [3.8, 4) is 5.75 Å². The van der Waals surface area contributed by atoms with Crippen molar-refractivity contribution in [2.24, 2.45) is 0 Å². The van der Waals surface area contributed by atoms with E-state index in [2.05, 4.69) is 39.5 Å². The molecule has 104 valence electrons. The van der Waals surface area contributed by atoms with Crippen LogP contribution in [0.3, 0.4) is 0 Å². The normalized spacial score (nSPS) is 10.1. The lowest BCUT2D eigenvalue weighted by Gasteiger charge is -2.10. The van der Waals surface area contributed by atoms with Crippen molar-refractivity contribution in [2.75, 3.05) is 13.2 Å². The zero-order valence-corrected chi connectivity index (χ0v) is 12.0. The van der Waals surface area contributed by atoms with Gasteiger partial charge in [0.1, 0.15) is 5.75 Å². The third-order valence-electron chi connectivity index (χ3n) is 3.12. The Balaban J connectivity index is 2.26. The quantitative estimate of drug-likeness (QED) is 0.428. The second-order valence-electron chi connectivity index (χ2n) is 4.61. The minimum Gasteiger partial charge on any atom is -0.494 e. The van der Waals surface area contributed by atoms with Gasteiger partial charge in [-0.2, -0.15) is 0 Å². The third-order valence-corrected chi connectivity index (χ3v) is 3.12. The smallest absolute Gasteiger partial charge is 0.330 e. The number of unbranched alkanes of at least 4 members (excludes halogenated alkanes) is 1. The van der Waals surface area contributed by atoms with Crippen molar-refractivity contribution in [3.05, 3.63) is 41.5 Å². The number of esters is 1. The van der Waals surface area contributed by atoms with Crippen molar-refractivity contribution in [2.45, 2.75) is 33.6 Å². The Bertz CT molecular complexity index is 426. The Hall–Kier alpha value is -1.77. The lowest BCUT2D eigenvalue weighted by atomic mass is 10.0. The van der Waals surface area contributed by atoms with Gasteiger partial charge in [-0.15, -0.1) is 0 Å². The molecular formula is C16H22O3. The van der Waals surface area contributed by atoms with Gasteiger partial charge in [0.05, 0.1) is 13.2 Å². The number of benzene rings is 1. The molecule has 0 bridgehead atoms. The van der Waals surface area contributed by atoms with Gasteiger partial charge < -0.3 is 9.47 Å². The monoisotopic (exact) mass is 262 g/mol. The van der Waals surface area contributed by atoms with E-state index < -0.39 is 0 Å². The summed E-state index contributed by atoms with van der Waals surface area (Å²) in [6.45, 7) is 10.7. The van der Waals surface area contributed by atoms with Gasteiger partial charge in [-0.05, 0) is 62.4 Å². The first kappa shape index (κ1) is 15.3. The van der Waals surface area contributed by atoms with E-state index in [0.717, 1.165) is 18.6 Å². The average Bonchev–Trinajstić information content (AvgIpc) is 2.39. The minimum atomic E-state index is -0.370. The summed E-state index contributed by atoms with van der Waals surface area (Å²) in [6, 6.07) is 4.11. The predicted octanol–water partition coefficient (Wildman–Crippen LogP) is 3.50. The van der Waals surface area contributed by atoms with E-state index in [9.17, 15) is 4.79 Å². The van der Waals surface area contributed by atoms with Crippen LogP contribution in [0.4, 0.5) is 0 Å². The molecule has 1 rings (SSSR count). The number of carbonyl (C=O) groups excluding carboxylic acids is 1. The molecule has 0 atom stereocenters.